The van der Waals surface area contributed by atoms with Gasteiger partial charge in [-0.2, -0.15) is 0 Å². The van der Waals surface area contributed by atoms with Crippen molar-refractivity contribution in [1.29, 1.82) is 0 Å². The predicted molar refractivity (Wildman–Crippen MR) is 49.1 cm³/mol. The molecule has 0 spiro atoms. The first-order chi connectivity index (χ1) is 7.41. The van der Waals surface area contributed by atoms with Crippen LogP contribution in [0.15, 0.2) is 0 Å². The van der Waals surface area contributed by atoms with Crippen LogP contribution in [0, 0.1) is 30.2 Å². The Morgan fingerprint density at radius 2 is 1.62 bits per heavy atom. The molecule has 1 rings (SSSR count). The van der Waals surface area contributed by atoms with Gasteiger partial charge in [-0.05, 0) is 13.4 Å². The van der Waals surface area contributed by atoms with Gasteiger partial charge < -0.3 is 5.32 Å². The Labute approximate surface area is 90.1 Å². The van der Waals surface area contributed by atoms with Gasteiger partial charge in [-0.25, -0.2) is 17.6 Å². The van der Waals surface area contributed by atoms with Crippen molar-refractivity contribution in [3.63, 3.8) is 0 Å². The van der Waals surface area contributed by atoms with E-state index in [2.05, 4.69) is 0 Å². The average Bonchev–Trinajstić information content (AvgIpc) is 2.24. The minimum absolute atomic E-state index is 0.335. The van der Waals surface area contributed by atoms with Crippen molar-refractivity contribution in [3.05, 3.63) is 34.4 Å². The lowest BCUT2D eigenvalue weighted by molar-refractivity contribution is 0.0953. The third-order valence-electron chi connectivity index (χ3n) is 1.99. The van der Waals surface area contributed by atoms with Gasteiger partial charge in [-0.1, -0.05) is 0 Å². The molecule has 0 aromatic heterocycles. The summed E-state index contributed by atoms with van der Waals surface area (Å²) in [5.74, 6) is -8.40. The molecule has 0 atom stereocenters. The Kier molecular flexibility index (Phi) is 3.56. The predicted octanol–water partition coefficient (Wildman–Crippen LogP) is 1.41. The van der Waals surface area contributed by atoms with Gasteiger partial charge in [0.05, 0.1) is 13.4 Å². The largest absolute Gasteiger partial charge is 0.361 e. The number of halogens is 4. The first-order valence-electron chi connectivity index (χ1n) is 4.22. The molecule has 1 N–H and O–H groups in total. The van der Waals surface area contributed by atoms with E-state index in [1.165, 1.54) is 0 Å². The lowest BCUT2D eigenvalue weighted by Gasteiger charge is -2.09. The van der Waals surface area contributed by atoms with Crippen LogP contribution in [-0.4, -0.2) is 20.2 Å². The van der Waals surface area contributed by atoms with E-state index in [0.29, 0.717) is 0 Å². The lowest BCUT2D eigenvalue weighted by Crippen LogP contribution is -2.27. The van der Waals surface area contributed by atoms with Crippen LogP contribution < -0.4 is 5.32 Å². The van der Waals surface area contributed by atoms with Crippen LogP contribution in [-0.2, 0) is 0 Å². The molecule has 84 valence electrons. The van der Waals surface area contributed by atoms with Gasteiger partial charge in [-0.3, -0.25) is 4.79 Å². The highest BCUT2D eigenvalue weighted by Gasteiger charge is 2.26. The molecule has 0 aliphatic heterocycles. The second kappa shape index (κ2) is 4.55. The topological polar surface area (TPSA) is 29.1 Å². The van der Waals surface area contributed by atoms with Crippen LogP contribution in [0.3, 0.4) is 0 Å². The summed E-state index contributed by atoms with van der Waals surface area (Å²) in [7, 11) is 4.96. The fraction of sp³-hybridized carbons (Fsp3) is 0.222. The number of benzene rings is 1. The standard InChI is InChI=1S/C9H6BF4NO/c1-3-4(9(16)15-2-10)6(12)8(14)7(13)5(3)11/h2H2,1H3,(H,15,16). The van der Waals surface area contributed by atoms with E-state index in [4.69, 9.17) is 7.85 Å². The third-order valence-corrected chi connectivity index (χ3v) is 1.99. The van der Waals surface area contributed by atoms with E-state index < -0.39 is 40.3 Å². The maximum atomic E-state index is 13.2. The molecule has 7 heteroatoms. The zero-order valence-electron chi connectivity index (χ0n) is 8.20. The minimum atomic E-state index is -2.02. The van der Waals surface area contributed by atoms with Crippen molar-refractivity contribution < 1.29 is 22.4 Å². The van der Waals surface area contributed by atoms with Crippen LogP contribution >= 0.6 is 0 Å². The Bertz CT molecular complexity index is 421. The van der Waals surface area contributed by atoms with Crippen molar-refractivity contribution in [2.45, 2.75) is 6.92 Å². The van der Waals surface area contributed by atoms with E-state index >= 15 is 0 Å². The van der Waals surface area contributed by atoms with Crippen molar-refractivity contribution in [1.82, 2.24) is 5.32 Å². The number of amides is 1. The molecule has 2 nitrogen and oxygen atoms in total. The maximum Gasteiger partial charge on any atom is 0.254 e. The number of carbonyl (C=O) groups is 1. The van der Waals surface area contributed by atoms with E-state index in [1.807, 2.05) is 5.32 Å². The summed E-state index contributed by atoms with van der Waals surface area (Å²) in [6.07, 6.45) is -0.335. The molecular weight excluding hydrogens is 225 g/mol. The molecule has 16 heavy (non-hydrogen) atoms. The Morgan fingerprint density at radius 3 is 2.12 bits per heavy atom. The lowest BCUT2D eigenvalue weighted by atomic mass is 10.0. The summed E-state index contributed by atoms with van der Waals surface area (Å²) in [6, 6.07) is 0. The number of hydrogen-bond donors (Lipinski definition) is 1. The summed E-state index contributed by atoms with van der Waals surface area (Å²) in [6.45, 7) is 0.965. The van der Waals surface area contributed by atoms with Crippen molar-refractivity contribution in [2.24, 2.45) is 0 Å². The molecular formula is C9H6BF4NO. The van der Waals surface area contributed by atoms with Crippen LogP contribution in [0.4, 0.5) is 17.6 Å². The van der Waals surface area contributed by atoms with E-state index in [-0.39, 0.29) is 6.44 Å². The highest BCUT2D eigenvalue weighted by atomic mass is 19.2. The molecule has 0 unspecified atom stereocenters. The summed E-state index contributed by atoms with van der Waals surface area (Å²) in [4.78, 5) is 11.2. The maximum absolute atomic E-state index is 13.2. The summed E-state index contributed by atoms with van der Waals surface area (Å²) in [5, 5.41) is 1.96. The highest BCUT2D eigenvalue weighted by molar-refractivity contribution is 6.11. The van der Waals surface area contributed by atoms with Crippen molar-refractivity contribution >= 4 is 13.8 Å². The Balaban J connectivity index is 3.45. The van der Waals surface area contributed by atoms with E-state index in [0.717, 1.165) is 6.92 Å². The number of rotatable bonds is 2. The molecule has 0 aliphatic carbocycles. The molecule has 0 fully saturated rings. The number of nitrogens with one attached hydrogen (secondary N) is 1. The van der Waals surface area contributed by atoms with Gasteiger partial charge in [0.1, 0.15) is 0 Å². The van der Waals surface area contributed by atoms with Gasteiger partial charge in [0.2, 0.25) is 0 Å². The average molecular weight is 231 g/mol. The number of hydrogen-bond acceptors (Lipinski definition) is 1. The first kappa shape index (κ1) is 12.5. The molecule has 0 saturated heterocycles. The van der Waals surface area contributed by atoms with Gasteiger partial charge in [0.25, 0.3) is 5.91 Å². The molecule has 2 radical (unpaired) electrons. The molecule has 0 bridgehead atoms. The van der Waals surface area contributed by atoms with E-state index in [9.17, 15) is 22.4 Å². The molecule has 0 saturated carbocycles. The third kappa shape index (κ3) is 1.89. The van der Waals surface area contributed by atoms with Crippen LogP contribution in [0.1, 0.15) is 15.9 Å². The van der Waals surface area contributed by atoms with Crippen LogP contribution in [0.25, 0.3) is 0 Å². The van der Waals surface area contributed by atoms with Crippen LogP contribution in [0.5, 0.6) is 0 Å². The smallest absolute Gasteiger partial charge is 0.254 e. The molecule has 0 heterocycles. The summed E-state index contributed by atoms with van der Waals surface area (Å²) in [5.41, 5.74) is -1.50. The van der Waals surface area contributed by atoms with Gasteiger partial charge in [0, 0.05) is 5.56 Å². The fourth-order valence-corrected chi connectivity index (χ4v) is 1.19. The molecule has 1 amide bonds. The monoisotopic (exact) mass is 231 g/mol. The second-order valence-electron chi connectivity index (χ2n) is 2.97. The SMILES string of the molecule is [B]CNC(=O)c1c(C)c(F)c(F)c(F)c1F. The van der Waals surface area contributed by atoms with Crippen LogP contribution in [0.2, 0.25) is 0 Å². The minimum Gasteiger partial charge on any atom is -0.361 e. The van der Waals surface area contributed by atoms with Crippen molar-refractivity contribution in [2.75, 3.05) is 6.44 Å². The molecule has 1 aromatic rings. The zero-order chi connectivity index (χ0) is 12.5. The highest BCUT2D eigenvalue weighted by Crippen LogP contribution is 2.23. The van der Waals surface area contributed by atoms with Crippen molar-refractivity contribution in [3.8, 4) is 0 Å². The summed E-state index contributed by atoms with van der Waals surface area (Å²) < 4.78 is 51.8. The molecule has 0 aliphatic rings. The Hall–Kier alpha value is -1.53. The second-order valence-corrected chi connectivity index (χ2v) is 2.97. The Morgan fingerprint density at radius 1 is 1.12 bits per heavy atom. The molecule has 1 aromatic carbocycles. The van der Waals surface area contributed by atoms with Gasteiger partial charge >= 0.3 is 0 Å². The first-order valence-corrected chi connectivity index (χ1v) is 4.22. The number of carbonyl (C=O) groups excluding carboxylic acids is 1. The fourth-order valence-electron chi connectivity index (χ4n) is 1.19. The normalized spacial score (nSPS) is 10.3. The van der Waals surface area contributed by atoms with Gasteiger partial charge in [0.15, 0.2) is 23.3 Å². The summed E-state index contributed by atoms with van der Waals surface area (Å²) >= 11 is 0. The van der Waals surface area contributed by atoms with E-state index in [1.54, 1.807) is 0 Å². The zero-order valence-corrected chi connectivity index (χ0v) is 8.20. The van der Waals surface area contributed by atoms with Gasteiger partial charge in [-0.15, -0.1) is 0 Å². The quantitative estimate of drug-likeness (QED) is 0.354.